The average molecular weight is 427 g/mol. The lowest BCUT2D eigenvalue weighted by molar-refractivity contribution is 0.246. The Kier molecular flexibility index (Phi) is 8.96. The lowest BCUT2D eigenvalue weighted by Gasteiger charge is -2.31. The van der Waals surface area contributed by atoms with E-state index >= 15 is 0 Å². The van der Waals surface area contributed by atoms with E-state index < -0.39 is 16.7 Å². The number of alkyl halides is 1. The molecular formula is C25H34ClF3. The molecule has 0 amide bonds. The monoisotopic (exact) mass is 426 g/mol. The maximum absolute atomic E-state index is 13.7. The third kappa shape index (κ3) is 6.77. The van der Waals surface area contributed by atoms with E-state index in [-0.39, 0.29) is 12.6 Å². The lowest BCUT2D eigenvalue weighted by atomic mass is 9.74. The third-order valence-electron chi connectivity index (χ3n) is 7.11. The second kappa shape index (κ2) is 11.4. The number of unbranched alkanes of at least 4 members (excludes halogenated alkanes) is 1. The lowest BCUT2D eigenvalue weighted by Crippen LogP contribution is -2.17. The summed E-state index contributed by atoms with van der Waals surface area (Å²) in [6.45, 7) is -0.216. The van der Waals surface area contributed by atoms with Gasteiger partial charge in [0.05, 0.1) is 6.67 Å². The van der Waals surface area contributed by atoms with E-state index in [2.05, 4.69) is 12.2 Å². The van der Waals surface area contributed by atoms with E-state index in [9.17, 15) is 13.2 Å². The Labute approximate surface area is 178 Å². The quantitative estimate of drug-likeness (QED) is 0.221. The van der Waals surface area contributed by atoms with Gasteiger partial charge in [0.25, 0.3) is 0 Å². The van der Waals surface area contributed by atoms with Gasteiger partial charge >= 0.3 is 0 Å². The van der Waals surface area contributed by atoms with Crippen LogP contribution < -0.4 is 0 Å². The van der Waals surface area contributed by atoms with E-state index in [0.29, 0.717) is 12.3 Å². The number of rotatable bonds is 8. The number of halogens is 4. The molecule has 0 atom stereocenters. The van der Waals surface area contributed by atoms with Crippen LogP contribution >= 0.6 is 11.6 Å². The Bertz CT molecular complexity index is 633. The van der Waals surface area contributed by atoms with Gasteiger partial charge < -0.3 is 0 Å². The average Bonchev–Trinajstić information content (AvgIpc) is 2.74. The Balaban J connectivity index is 1.35. The fourth-order valence-electron chi connectivity index (χ4n) is 5.22. The maximum Gasteiger partial charge on any atom is 0.145 e. The summed E-state index contributed by atoms with van der Waals surface area (Å²) in [6, 6.07) is 2.84. The number of hydrogen-bond acceptors (Lipinski definition) is 0. The molecule has 0 N–H and O–H groups in total. The molecule has 2 aliphatic carbocycles. The summed E-state index contributed by atoms with van der Waals surface area (Å²) in [5.41, 5.74) is 0.765. The van der Waals surface area contributed by atoms with Crippen LogP contribution in [0.5, 0.6) is 0 Å². The van der Waals surface area contributed by atoms with Crippen molar-refractivity contribution in [1.82, 2.24) is 0 Å². The van der Waals surface area contributed by atoms with Gasteiger partial charge in [-0.2, -0.15) is 0 Å². The Morgan fingerprint density at radius 2 is 1.41 bits per heavy atom. The fourth-order valence-corrected chi connectivity index (χ4v) is 5.33. The van der Waals surface area contributed by atoms with Crippen LogP contribution in [0, 0.1) is 29.4 Å². The molecule has 1 aromatic rings. The fraction of sp³-hybridized carbons (Fsp3) is 0.680. The Morgan fingerprint density at radius 1 is 0.862 bits per heavy atom. The van der Waals surface area contributed by atoms with Crippen LogP contribution in [0.15, 0.2) is 24.3 Å². The second-order valence-electron chi connectivity index (χ2n) is 9.13. The van der Waals surface area contributed by atoms with Crippen molar-refractivity contribution in [2.24, 2.45) is 17.8 Å². The van der Waals surface area contributed by atoms with Crippen LogP contribution in [-0.2, 0) is 0 Å². The predicted octanol–water partition coefficient (Wildman–Crippen LogP) is 8.78. The molecule has 0 spiro atoms. The highest BCUT2D eigenvalue weighted by Gasteiger charge is 2.26. The van der Waals surface area contributed by atoms with Crippen LogP contribution in [-0.4, -0.2) is 6.67 Å². The molecule has 162 valence electrons. The first-order valence-electron chi connectivity index (χ1n) is 11.4. The molecule has 0 bridgehead atoms. The van der Waals surface area contributed by atoms with E-state index in [1.807, 2.05) is 0 Å². The molecule has 0 aliphatic heterocycles. The minimum absolute atomic E-state index is 0.216. The van der Waals surface area contributed by atoms with E-state index in [0.717, 1.165) is 49.5 Å². The summed E-state index contributed by atoms with van der Waals surface area (Å²) in [5.74, 6) is 1.27. The van der Waals surface area contributed by atoms with E-state index in [1.54, 1.807) is 0 Å². The van der Waals surface area contributed by atoms with Crippen LogP contribution in [0.4, 0.5) is 13.2 Å². The van der Waals surface area contributed by atoms with Gasteiger partial charge in [0, 0.05) is 0 Å². The molecule has 2 aliphatic rings. The molecule has 0 nitrogen and oxygen atoms in total. The molecule has 2 fully saturated rings. The Morgan fingerprint density at radius 3 is 1.97 bits per heavy atom. The summed E-state index contributed by atoms with van der Waals surface area (Å²) in [7, 11) is 0. The zero-order chi connectivity index (χ0) is 20.6. The highest BCUT2D eigenvalue weighted by Crippen LogP contribution is 2.40. The first-order valence-corrected chi connectivity index (χ1v) is 11.8. The first kappa shape index (κ1) is 22.7. The van der Waals surface area contributed by atoms with Crippen molar-refractivity contribution in [1.29, 1.82) is 0 Å². The zero-order valence-electron chi connectivity index (χ0n) is 17.3. The van der Waals surface area contributed by atoms with Crippen LogP contribution in [0.1, 0.15) is 88.5 Å². The number of hydrogen-bond donors (Lipinski definition) is 0. The van der Waals surface area contributed by atoms with Crippen LogP contribution in [0.25, 0.3) is 0 Å². The van der Waals surface area contributed by atoms with Gasteiger partial charge in [-0.05, 0) is 106 Å². The second-order valence-corrected chi connectivity index (χ2v) is 9.51. The maximum atomic E-state index is 13.7. The standard InChI is InChI=1S/C25H34ClF3/c26-25-23(28)16-22(17-24(25)29)21-13-11-20(12-14-21)10-9-19-7-5-18(6-8-19)4-2-1-3-15-27/h2,4,16-21H,1,3,5-15H2/t18-,19-,20-,21-. The first-order chi connectivity index (χ1) is 14.1. The summed E-state index contributed by atoms with van der Waals surface area (Å²) < 4.78 is 39.6. The van der Waals surface area contributed by atoms with Crippen molar-refractivity contribution in [3.8, 4) is 0 Å². The van der Waals surface area contributed by atoms with Gasteiger partial charge in [-0.15, -0.1) is 0 Å². The van der Waals surface area contributed by atoms with Crippen LogP contribution in [0.2, 0.25) is 5.02 Å². The SMILES string of the molecule is FCCCC=C[C@H]1CC[C@H](CC[C@H]2CC[C@H](c3cc(F)c(Cl)c(F)c3)CC2)CC1. The van der Waals surface area contributed by atoms with Crippen molar-refractivity contribution >= 4 is 11.6 Å². The van der Waals surface area contributed by atoms with Crippen molar-refractivity contribution in [2.75, 3.05) is 6.67 Å². The summed E-state index contributed by atoms with van der Waals surface area (Å²) in [6.07, 6.45) is 18.1. The molecular weight excluding hydrogens is 393 g/mol. The topological polar surface area (TPSA) is 0 Å². The van der Waals surface area contributed by atoms with Crippen molar-refractivity contribution < 1.29 is 13.2 Å². The van der Waals surface area contributed by atoms with Gasteiger partial charge in [0.15, 0.2) is 0 Å². The van der Waals surface area contributed by atoms with E-state index in [1.165, 1.54) is 50.7 Å². The molecule has 1 aromatic carbocycles. The largest absolute Gasteiger partial charge is 0.251 e. The summed E-state index contributed by atoms with van der Waals surface area (Å²) in [4.78, 5) is 0. The van der Waals surface area contributed by atoms with Gasteiger partial charge in [-0.1, -0.05) is 36.6 Å². The highest BCUT2D eigenvalue weighted by molar-refractivity contribution is 6.30. The zero-order valence-corrected chi connectivity index (χ0v) is 18.1. The summed E-state index contributed by atoms with van der Waals surface area (Å²) in [5, 5.41) is -0.396. The van der Waals surface area contributed by atoms with Crippen molar-refractivity contribution in [3.05, 3.63) is 46.5 Å². The molecule has 0 aromatic heterocycles. The minimum atomic E-state index is -0.642. The summed E-state index contributed by atoms with van der Waals surface area (Å²) >= 11 is 5.61. The van der Waals surface area contributed by atoms with Crippen LogP contribution in [0.3, 0.4) is 0 Å². The number of allylic oxidation sites excluding steroid dienone is 2. The van der Waals surface area contributed by atoms with Gasteiger partial charge in [0.1, 0.15) is 16.7 Å². The predicted molar refractivity (Wildman–Crippen MR) is 115 cm³/mol. The minimum Gasteiger partial charge on any atom is -0.251 e. The molecule has 0 unspecified atom stereocenters. The smallest absolute Gasteiger partial charge is 0.145 e. The third-order valence-corrected chi connectivity index (χ3v) is 7.47. The molecule has 0 saturated heterocycles. The normalized spacial score (nSPS) is 28.1. The van der Waals surface area contributed by atoms with Gasteiger partial charge in [-0.25, -0.2) is 8.78 Å². The van der Waals surface area contributed by atoms with Gasteiger partial charge in [-0.3, -0.25) is 4.39 Å². The van der Waals surface area contributed by atoms with E-state index in [4.69, 9.17) is 11.6 Å². The number of benzene rings is 1. The molecule has 4 heteroatoms. The Hall–Kier alpha value is -0.960. The highest BCUT2D eigenvalue weighted by atomic mass is 35.5. The van der Waals surface area contributed by atoms with Crippen molar-refractivity contribution in [2.45, 2.75) is 83.0 Å². The molecule has 3 rings (SSSR count). The molecule has 0 heterocycles. The molecule has 29 heavy (non-hydrogen) atoms. The molecule has 0 radical (unpaired) electrons. The van der Waals surface area contributed by atoms with Crippen molar-refractivity contribution in [3.63, 3.8) is 0 Å². The molecule has 2 saturated carbocycles. The van der Waals surface area contributed by atoms with Gasteiger partial charge in [0.2, 0.25) is 0 Å².